The molecule has 158 valence electrons. The summed E-state index contributed by atoms with van der Waals surface area (Å²) in [6.45, 7) is 6.76. The van der Waals surface area contributed by atoms with E-state index in [0.29, 0.717) is 18.0 Å². The number of rotatable bonds is 6. The van der Waals surface area contributed by atoms with Crippen molar-refractivity contribution in [2.75, 3.05) is 11.9 Å². The van der Waals surface area contributed by atoms with Crippen LogP contribution < -0.4 is 15.4 Å². The smallest absolute Gasteiger partial charge is 0.246 e. The minimum atomic E-state index is -3.67. The van der Waals surface area contributed by atoms with Crippen LogP contribution in [0.25, 0.3) is 0 Å². The van der Waals surface area contributed by atoms with E-state index < -0.39 is 43.9 Å². The fourth-order valence-electron chi connectivity index (χ4n) is 3.66. The highest BCUT2D eigenvalue weighted by Gasteiger charge is 2.67. The predicted octanol–water partition coefficient (Wildman–Crippen LogP) is 0.663. The molecule has 0 aliphatic carbocycles. The fourth-order valence-corrected chi connectivity index (χ4v) is 5.80. The van der Waals surface area contributed by atoms with Crippen molar-refractivity contribution in [2.24, 2.45) is 0 Å². The van der Waals surface area contributed by atoms with Gasteiger partial charge in [-0.1, -0.05) is 0 Å². The van der Waals surface area contributed by atoms with Crippen molar-refractivity contribution in [1.82, 2.24) is 10.2 Å². The minimum Gasteiger partial charge on any atom is -0.494 e. The van der Waals surface area contributed by atoms with Crippen molar-refractivity contribution < 1.29 is 27.5 Å². The van der Waals surface area contributed by atoms with Gasteiger partial charge in [-0.15, -0.1) is 0 Å². The lowest BCUT2D eigenvalue weighted by Crippen LogP contribution is -2.61. The molecule has 2 heterocycles. The number of hydrogen-bond donors (Lipinski definition) is 2. The van der Waals surface area contributed by atoms with Crippen LogP contribution in [0.3, 0.4) is 0 Å². The second-order valence-corrected chi connectivity index (χ2v) is 10.4. The molecule has 3 unspecified atom stereocenters. The van der Waals surface area contributed by atoms with Crippen LogP contribution in [0.5, 0.6) is 5.75 Å². The number of hydrogen-bond acceptors (Lipinski definition) is 6. The standard InChI is InChI=1S/C19H25N3O6S/c1-5-28-13-8-6-12(7-9-13)21-17(24)11(2)20-18(25)16-19(3,4)29(26,27)15-10-14(23)22(15)16/h6-9,11,15-16H,5,10H2,1-4H3,(H,20,25)(H,21,24). The molecular weight excluding hydrogens is 398 g/mol. The van der Waals surface area contributed by atoms with E-state index in [1.807, 2.05) is 6.92 Å². The maximum atomic E-state index is 12.8. The van der Waals surface area contributed by atoms with Gasteiger partial charge in [0.05, 0.1) is 17.8 Å². The highest BCUT2D eigenvalue weighted by atomic mass is 32.2. The van der Waals surface area contributed by atoms with E-state index in [1.165, 1.54) is 20.8 Å². The first-order valence-corrected chi connectivity index (χ1v) is 10.9. The summed E-state index contributed by atoms with van der Waals surface area (Å²) in [5.74, 6) is -0.836. The first kappa shape index (κ1) is 21.1. The summed E-state index contributed by atoms with van der Waals surface area (Å²) in [5.41, 5.74) is 0.529. The van der Waals surface area contributed by atoms with Gasteiger partial charge in [-0.25, -0.2) is 8.42 Å². The highest BCUT2D eigenvalue weighted by molar-refractivity contribution is 7.93. The van der Waals surface area contributed by atoms with E-state index in [9.17, 15) is 22.8 Å². The molecule has 0 aromatic heterocycles. The molecule has 2 aliphatic heterocycles. The summed E-state index contributed by atoms with van der Waals surface area (Å²) < 4.78 is 29.1. The Morgan fingerprint density at radius 1 is 1.28 bits per heavy atom. The van der Waals surface area contributed by atoms with Crippen LogP contribution in [0.4, 0.5) is 5.69 Å². The average molecular weight is 423 g/mol. The number of amides is 3. The Bertz CT molecular complexity index is 941. The first-order valence-electron chi connectivity index (χ1n) is 9.39. The van der Waals surface area contributed by atoms with Gasteiger partial charge in [0.1, 0.15) is 23.2 Å². The molecule has 1 aromatic rings. The molecule has 3 amide bonds. The number of fused-ring (bicyclic) bond motifs is 1. The summed E-state index contributed by atoms with van der Waals surface area (Å²) in [6.07, 6.45) is -0.108. The van der Waals surface area contributed by atoms with Crippen LogP contribution >= 0.6 is 0 Å². The van der Waals surface area contributed by atoms with Crippen molar-refractivity contribution in [3.05, 3.63) is 24.3 Å². The topological polar surface area (TPSA) is 122 Å². The van der Waals surface area contributed by atoms with E-state index in [4.69, 9.17) is 4.74 Å². The third kappa shape index (κ3) is 3.45. The number of sulfone groups is 1. The lowest BCUT2D eigenvalue weighted by atomic mass is 9.97. The number of nitrogens with one attached hydrogen (secondary N) is 2. The lowest BCUT2D eigenvalue weighted by molar-refractivity contribution is -0.150. The molecule has 2 saturated heterocycles. The normalized spacial score (nSPS) is 24.8. The van der Waals surface area contributed by atoms with E-state index in [1.54, 1.807) is 24.3 Å². The molecule has 29 heavy (non-hydrogen) atoms. The predicted molar refractivity (Wildman–Crippen MR) is 106 cm³/mol. The Kier molecular flexibility index (Phi) is 5.33. The lowest BCUT2D eigenvalue weighted by Gasteiger charge is -2.37. The number of carbonyl (C=O) groups excluding carboxylic acids is 3. The van der Waals surface area contributed by atoms with Crippen molar-refractivity contribution in [2.45, 2.75) is 56.3 Å². The van der Waals surface area contributed by atoms with Crippen molar-refractivity contribution in [3.63, 3.8) is 0 Å². The molecule has 10 heteroatoms. The largest absolute Gasteiger partial charge is 0.494 e. The summed E-state index contributed by atoms with van der Waals surface area (Å²) in [4.78, 5) is 38.3. The van der Waals surface area contributed by atoms with Gasteiger partial charge in [-0.2, -0.15) is 0 Å². The summed E-state index contributed by atoms with van der Waals surface area (Å²) >= 11 is 0. The van der Waals surface area contributed by atoms with Gasteiger partial charge in [-0.05, 0) is 52.0 Å². The zero-order valence-corrected chi connectivity index (χ0v) is 17.6. The molecule has 9 nitrogen and oxygen atoms in total. The average Bonchev–Trinajstić information content (AvgIpc) is 2.77. The van der Waals surface area contributed by atoms with Crippen LogP contribution in [-0.4, -0.2) is 59.9 Å². The van der Waals surface area contributed by atoms with Gasteiger partial charge in [0, 0.05) is 5.69 Å². The fraction of sp³-hybridized carbons (Fsp3) is 0.526. The quantitative estimate of drug-likeness (QED) is 0.649. The number of nitrogens with zero attached hydrogens (tertiary/aromatic N) is 1. The van der Waals surface area contributed by atoms with Gasteiger partial charge < -0.3 is 20.3 Å². The SMILES string of the molecule is CCOc1ccc(NC(=O)C(C)NC(=O)C2N3C(=O)CC3S(=O)(=O)C2(C)C)cc1. The molecule has 3 atom stereocenters. The van der Waals surface area contributed by atoms with Gasteiger partial charge in [-0.3, -0.25) is 14.4 Å². The second-order valence-electron chi connectivity index (χ2n) is 7.69. The number of β-lactam (4-membered cyclic amide) rings is 1. The maximum Gasteiger partial charge on any atom is 0.246 e. The minimum absolute atomic E-state index is 0.108. The van der Waals surface area contributed by atoms with Gasteiger partial charge in [0.25, 0.3) is 0 Å². The Balaban J connectivity index is 1.67. The van der Waals surface area contributed by atoms with Crippen LogP contribution in [0, 0.1) is 0 Å². The molecule has 1 aromatic carbocycles. The van der Waals surface area contributed by atoms with Crippen molar-refractivity contribution in [1.29, 1.82) is 0 Å². The maximum absolute atomic E-state index is 12.8. The van der Waals surface area contributed by atoms with E-state index >= 15 is 0 Å². The molecule has 0 spiro atoms. The number of ether oxygens (including phenoxy) is 1. The van der Waals surface area contributed by atoms with Crippen molar-refractivity contribution in [3.8, 4) is 5.75 Å². The van der Waals surface area contributed by atoms with Gasteiger partial charge in [0.15, 0.2) is 9.84 Å². The highest BCUT2D eigenvalue weighted by Crippen LogP contribution is 2.45. The summed E-state index contributed by atoms with van der Waals surface area (Å²) in [5, 5.41) is 4.25. The first-order chi connectivity index (χ1) is 13.5. The Morgan fingerprint density at radius 2 is 1.90 bits per heavy atom. The Labute approximate surface area is 169 Å². The third-order valence-electron chi connectivity index (χ3n) is 5.41. The molecular formula is C19H25N3O6S. The molecule has 0 bridgehead atoms. The van der Waals surface area contributed by atoms with Crippen LogP contribution in [0.1, 0.15) is 34.1 Å². The third-order valence-corrected chi connectivity index (χ3v) is 8.21. The molecule has 2 aliphatic rings. The molecule has 2 N–H and O–H groups in total. The van der Waals surface area contributed by atoms with Gasteiger partial charge in [0.2, 0.25) is 17.7 Å². The monoisotopic (exact) mass is 423 g/mol. The van der Waals surface area contributed by atoms with Crippen LogP contribution in [0.15, 0.2) is 24.3 Å². The summed E-state index contributed by atoms with van der Waals surface area (Å²) in [6, 6.07) is 4.68. The van der Waals surface area contributed by atoms with Crippen molar-refractivity contribution >= 4 is 33.2 Å². The number of carbonyl (C=O) groups is 3. The zero-order valence-electron chi connectivity index (χ0n) is 16.8. The summed E-state index contributed by atoms with van der Waals surface area (Å²) in [7, 11) is -3.67. The Morgan fingerprint density at radius 3 is 2.45 bits per heavy atom. The molecule has 2 fully saturated rings. The van der Waals surface area contributed by atoms with Gasteiger partial charge >= 0.3 is 0 Å². The van der Waals surface area contributed by atoms with Crippen LogP contribution in [0.2, 0.25) is 0 Å². The number of benzene rings is 1. The Hall–Kier alpha value is -2.62. The zero-order chi connectivity index (χ0) is 21.6. The van der Waals surface area contributed by atoms with E-state index in [-0.39, 0.29) is 12.3 Å². The molecule has 3 rings (SSSR count). The molecule has 0 saturated carbocycles. The second kappa shape index (κ2) is 7.33. The number of anilines is 1. The van der Waals surface area contributed by atoms with E-state index in [2.05, 4.69) is 10.6 Å². The van der Waals surface area contributed by atoms with Crippen LogP contribution in [-0.2, 0) is 24.2 Å². The van der Waals surface area contributed by atoms with E-state index in [0.717, 1.165) is 4.90 Å². The molecule has 0 radical (unpaired) electrons.